The zero-order valence-electron chi connectivity index (χ0n) is 12.3. The summed E-state index contributed by atoms with van der Waals surface area (Å²) in [7, 11) is 0. The van der Waals surface area contributed by atoms with E-state index in [9.17, 15) is 9.59 Å². The molecule has 1 heterocycles. The molecule has 22 heavy (non-hydrogen) atoms. The highest BCUT2D eigenvalue weighted by molar-refractivity contribution is 7.16. The van der Waals surface area contributed by atoms with Crippen LogP contribution in [0.4, 0.5) is 0 Å². The van der Waals surface area contributed by atoms with Crippen LogP contribution in [0.5, 0.6) is 0 Å². The largest absolute Gasteiger partial charge is 0.355 e. The smallest absolute Gasteiger partial charge is 0.244 e. The Morgan fingerprint density at radius 1 is 1.05 bits per heavy atom. The van der Waals surface area contributed by atoms with E-state index >= 15 is 0 Å². The van der Waals surface area contributed by atoms with Crippen LogP contribution in [-0.2, 0) is 9.59 Å². The molecule has 0 atom stereocenters. The summed E-state index contributed by atoms with van der Waals surface area (Å²) in [4.78, 5) is 24.5. The number of benzene rings is 1. The van der Waals surface area contributed by atoms with Gasteiger partial charge in [0.1, 0.15) is 0 Å². The maximum Gasteiger partial charge on any atom is 0.244 e. The summed E-state index contributed by atoms with van der Waals surface area (Å²) in [5.74, 6) is -0.267. The van der Waals surface area contributed by atoms with E-state index in [1.165, 1.54) is 23.4 Å². The van der Waals surface area contributed by atoms with Crippen LogP contribution in [0.15, 0.2) is 48.5 Å². The van der Waals surface area contributed by atoms with Crippen molar-refractivity contribution in [3.63, 3.8) is 0 Å². The Morgan fingerprint density at radius 3 is 2.50 bits per heavy atom. The van der Waals surface area contributed by atoms with Crippen molar-refractivity contribution in [3.05, 3.63) is 53.4 Å². The molecule has 2 rings (SSSR count). The molecule has 1 aromatic heterocycles. The fourth-order valence-electron chi connectivity index (χ4n) is 1.84. The first kappa shape index (κ1) is 16.0. The van der Waals surface area contributed by atoms with Gasteiger partial charge in [-0.15, -0.1) is 11.3 Å². The quantitative estimate of drug-likeness (QED) is 0.636. The van der Waals surface area contributed by atoms with Gasteiger partial charge in [-0.1, -0.05) is 30.3 Å². The molecule has 0 aliphatic rings. The van der Waals surface area contributed by atoms with Gasteiger partial charge in [-0.25, -0.2) is 0 Å². The van der Waals surface area contributed by atoms with Gasteiger partial charge in [0.15, 0.2) is 0 Å². The van der Waals surface area contributed by atoms with E-state index in [4.69, 9.17) is 0 Å². The lowest BCUT2D eigenvalue weighted by Crippen LogP contribution is -2.32. The molecule has 0 bridgehead atoms. The van der Waals surface area contributed by atoms with E-state index in [0.29, 0.717) is 13.1 Å². The standard InChI is InChI=1S/C17H18N2O2S/c1-13(20)18-11-12-19-17(21)10-8-15-7-9-16(22-15)14-5-3-2-4-6-14/h2-10H,11-12H2,1H3,(H,18,20)(H,19,21). The third kappa shape index (κ3) is 5.18. The van der Waals surface area contributed by atoms with Crippen LogP contribution in [0.1, 0.15) is 11.8 Å². The van der Waals surface area contributed by atoms with Crippen molar-refractivity contribution in [1.29, 1.82) is 0 Å². The number of nitrogens with one attached hydrogen (secondary N) is 2. The number of carbonyl (C=O) groups excluding carboxylic acids is 2. The van der Waals surface area contributed by atoms with Crippen molar-refractivity contribution >= 4 is 29.2 Å². The second-order valence-electron chi connectivity index (χ2n) is 4.68. The predicted octanol–water partition coefficient (Wildman–Crippen LogP) is 2.68. The van der Waals surface area contributed by atoms with Crippen LogP contribution in [0.3, 0.4) is 0 Å². The number of amides is 2. The van der Waals surface area contributed by atoms with Crippen molar-refractivity contribution in [1.82, 2.24) is 10.6 Å². The zero-order valence-corrected chi connectivity index (χ0v) is 13.2. The Morgan fingerprint density at radius 2 is 1.77 bits per heavy atom. The molecule has 114 valence electrons. The second-order valence-corrected chi connectivity index (χ2v) is 5.79. The van der Waals surface area contributed by atoms with Crippen LogP contribution in [0, 0.1) is 0 Å². The van der Waals surface area contributed by atoms with Crippen molar-refractivity contribution in [3.8, 4) is 10.4 Å². The van der Waals surface area contributed by atoms with E-state index in [1.807, 2.05) is 30.3 Å². The topological polar surface area (TPSA) is 58.2 Å². The fraction of sp³-hybridized carbons (Fsp3) is 0.176. The minimum absolute atomic E-state index is 0.100. The lowest BCUT2D eigenvalue weighted by atomic mass is 10.2. The van der Waals surface area contributed by atoms with E-state index in [2.05, 4.69) is 22.8 Å². The van der Waals surface area contributed by atoms with Crippen molar-refractivity contribution in [2.24, 2.45) is 0 Å². The van der Waals surface area contributed by atoms with E-state index < -0.39 is 0 Å². The summed E-state index contributed by atoms with van der Waals surface area (Å²) in [5.41, 5.74) is 1.17. The van der Waals surface area contributed by atoms with Crippen LogP contribution in [0.2, 0.25) is 0 Å². The van der Waals surface area contributed by atoms with Gasteiger partial charge in [-0.2, -0.15) is 0 Å². The summed E-state index contributed by atoms with van der Waals surface area (Å²) in [6.07, 6.45) is 3.30. The number of hydrogen-bond acceptors (Lipinski definition) is 3. The van der Waals surface area contributed by atoms with Gasteiger partial charge < -0.3 is 10.6 Å². The van der Waals surface area contributed by atoms with Crippen molar-refractivity contribution in [2.75, 3.05) is 13.1 Å². The summed E-state index contributed by atoms with van der Waals surface area (Å²) >= 11 is 1.64. The molecule has 5 heteroatoms. The van der Waals surface area contributed by atoms with E-state index in [-0.39, 0.29) is 11.8 Å². The highest BCUT2D eigenvalue weighted by Gasteiger charge is 2.01. The third-order valence-electron chi connectivity index (χ3n) is 2.88. The van der Waals surface area contributed by atoms with E-state index in [0.717, 1.165) is 4.88 Å². The second kappa shape index (κ2) is 8.14. The molecule has 1 aromatic carbocycles. The summed E-state index contributed by atoms with van der Waals surface area (Å²) in [5, 5.41) is 5.33. The Hall–Kier alpha value is -2.40. The van der Waals surface area contributed by atoms with Gasteiger partial charge in [-0.05, 0) is 23.8 Å². The first-order chi connectivity index (χ1) is 10.6. The number of carbonyl (C=O) groups is 2. The molecular weight excluding hydrogens is 296 g/mol. The average molecular weight is 314 g/mol. The number of thiophene rings is 1. The zero-order chi connectivity index (χ0) is 15.8. The molecule has 2 aromatic rings. The molecular formula is C17H18N2O2S. The van der Waals surface area contributed by atoms with Crippen LogP contribution < -0.4 is 10.6 Å². The number of rotatable bonds is 6. The van der Waals surface area contributed by atoms with Gasteiger partial charge in [-0.3, -0.25) is 9.59 Å². The first-order valence-corrected chi connectivity index (χ1v) is 7.82. The third-order valence-corrected chi connectivity index (χ3v) is 3.98. The fourth-order valence-corrected chi connectivity index (χ4v) is 2.76. The predicted molar refractivity (Wildman–Crippen MR) is 90.5 cm³/mol. The summed E-state index contributed by atoms with van der Waals surface area (Å²) in [6.45, 7) is 2.30. The maximum atomic E-state index is 11.6. The molecule has 0 aliphatic carbocycles. The maximum absolute atomic E-state index is 11.6. The molecule has 0 fully saturated rings. The molecule has 4 nitrogen and oxygen atoms in total. The van der Waals surface area contributed by atoms with Gasteiger partial charge in [0.25, 0.3) is 0 Å². The molecule has 0 aliphatic heterocycles. The Bertz CT molecular complexity index is 662. The monoisotopic (exact) mass is 314 g/mol. The highest BCUT2D eigenvalue weighted by Crippen LogP contribution is 2.28. The van der Waals surface area contributed by atoms with Gasteiger partial charge >= 0.3 is 0 Å². The van der Waals surface area contributed by atoms with Gasteiger partial charge in [0, 0.05) is 35.8 Å². The minimum atomic E-state index is -0.167. The lowest BCUT2D eigenvalue weighted by Gasteiger charge is -2.02. The molecule has 2 amide bonds. The highest BCUT2D eigenvalue weighted by atomic mass is 32.1. The average Bonchev–Trinajstić information content (AvgIpc) is 2.99. The lowest BCUT2D eigenvalue weighted by molar-refractivity contribution is -0.119. The van der Waals surface area contributed by atoms with Crippen LogP contribution in [-0.4, -0.2) is 24.9 Å². The van der Waals surface area contributed by atoms with Gasteiger partial charge in [0.05, 0.1) is 0 Å². The van der Waals surface area contributed by atoms with Crippen molar-refractivity contribution < 1.29 is 9.59 Å². The summed E-state index contributed by atoms with van der Waals surface area (Å²) < 4.78 is 0. The number of hydrogen-bond donors (Lipinski definition) is 2. The molecule has 0 saturated heterocycles. The first-order valence-electron chi connectivity index (χ1n) is 7.01. The molecule has 0 saturated carbocycles. The molecule has 0 spiro atoms. The molecule has 2 N–H and O–H groups in total. The van der Waals surface area contributed by atoms with Gasteiger partial charge in [0.2, 0.25) is 11.8 Å². The normalized spacial score (nSPS) is 10.6. The Labute approximate surface area is 133 Å². The van der Waals surface area contributed by atoms with Crippen molar-refractivity contribution in [2.45, 2.75) is 6.92 Å². The Balaban J connectivity index is 1.84. The van der Waals surface area contributed by atoms with Crippen LogP contribution in [0.25, 0.3) is 16.5 Å². The van der Waals surface area contributed by atoms with Crippen LogP contribution >= 0.6 is 11.3 Å². The SMILES string of the molecule is CC(=O)NCCNC(=O)C=Cc1ccc(-c2ccccc2)s1. The summed E-state index contributed by atoms with van der Waals surface area (Å²) in [6, 6.07) is 14.2. The molecule has 0 radical (unpaired) electrons. The minimum Gasteiger partial charge on any atom is -0.355 e. The molecule has 0 unspecified atom stereocenters. The van der Waals surface area contributed by atoms with E-state index in [1.54, 1.807) is 17.4 Å². The Kier molecular flexibility index (Phi) is 5.91.